The van der Waals surface area contributed by atoms with Gasteiger partial charge in [-0.1, -0.05) is 24.3 Å². The number of benzene rings is 1. The van der Waals surface area contributed by atoms with Crippen molar-refractivity contribution in [1.82, 2.24) is 15.3 Å². The number of aromatic nitrogens is 2. The molecule has 0 aliphatic heterocycles. The van der Waals surface area contributed by atoms with Crippen LogP contribution < -0.4 is 16.0 Å². The Morgan fingerprint density at radius 2 is 1.89 bits per heavy atom. The van der Waals surface area contributed by atoms with Crippen molar-refractivity contribution in [2.24, 2.45) is 0 Å². The number of hydrogen-bond donors (Lipinski definition) is 3. The summed E-state index contributed by atoms with van der Waals surface area (Å²) in [5, 5.41) is 8.11. The molecule has 0 saturated carbocycles. The lowest BCUT2D eigenvalue weighted by atomic mass is 10.1. The molecule has 9 heteroatoms. The van der Waals surface area contributed by atoms with Gasteiger partial charge in [0.1, 0.15) is 5.82 Å². The van der Waals surface area contributed by atoms with E-state index in [0.29, 0.717) is 18.3 Å². The standard InChI is InChI=1S/C19H22F3N5O/c1-12(2)10-24-16-13(3)11-25-18(27-16)26-15-6-4-14(5-7-15)8-9-23-17(28)19(20,21)22/h4-7,11H,1,8-10H2,2-3H3,(H,23,28)(H2,24,25,26,27). The van der Waals surface area contributed by atoms with Crippen LogP contribution in [0.1, 0.15) is 18.1 Å². The number of alkyl halides is 3. The van der Waals surface area contributed by atoms with E-state index in [4.69, 9.17) is 0 Å². The average molecular weight is 393 g/mol. The number of hydrogen-bond acceptors (Lipinski definition) is 5. The average Bonchev–Trinajstić information content (AvgIpc) is 2.62. The Balaban J connectivity index is 1.92. The van der Waals surface area contributed by atoms with Gasteiger partial charge in [-0.05, 0) is 38.0 Å². The second kappa shape index (κ2) is 9.20. The first kappa shape index (κ1) is 21.2. The Kier molecular flexibility index (Phi) is 6.97. The molecule has 2 aromatic rings. The highest BCUT2D eigenvalue weighted by molar-refractivity contribution is 5.81. The molecule has 0 aliphatic rings. The normalized spacial score (nSPS) is 11.0. The Hall–Kier alpha value is -3.10. The van der Waals surface area contributed by atoms with Crippen LogP contribution in [0.5, 0.6) is 0 Å². The van der Waals surface area contributed by atoms with E-state index in [1.165, 1.54) is 0 Å². The molecule has 0 atom stereocenters. The number of aryl methyl sites for hydroxylation is 1. The SMILES string of the molecule is C=C(C)CNc1nc(Nc2ccc(CCNC(=O)C(F)(F)F)cc2)ncc1C. The van der Waals surface area contributed by atoms with Crippen LogP contribution in [0.4, 0.5) is 30.6 Å². The summed E-state index contributed by atoms with van der Waals surface area (Å²) >= 11 is 0. The van der Waals surface area contributed by atoms with Crippen LogP contribution in [0.15, 0.2) is 42.6 Å². The number of carbonyl (C=O) groups is 1. The molecule has 28 heavy (non-hydrogen) atoms. The quantitative estimate of drug-likeness (QED) is 0.596. The van der Waals surface area contributed by atoms with Gasteiger partial charge in [-0.2, -0.15) is 18.2 Å². The molecule has 0 bridgehead atoms. The molecule has 2 rings (SSSR count). The van der Waals surface area contributed by atoms with Crippen LogP contribution in [0.3, 0.4) is 0 Å². The summed E-state index contributed by atoms with van der Waals surface area (Å²) in [5.41, 5.74) is 3.41. The number of nitrogens with zero attached hydrogens (tertiary/aromatic N) is 2. The van der Waals surface area contributed by atoms with Gasteiger partial charge in [-0.15, -0.1) is 0 Å². The van der Waals surface area contributed by atoms with Crippen molar-refractivity contribution in [2.75, 3.05) is 23.7 Å². The zero-order valence-electron chi connectivity index (χ0n) is 15.7. The first-order valence-corrected chi connectivity index (χ1v) is 8.58. The van der Waals surface area contributed by atoms with E-state index < -0.39 is 12.1 Å². The van der Waals surface area contributed by atoms with Gasteiger partial charge in [0.15, 0.2) is 0 Å². The van der Waals surface area contributed by atoms with E-state index in [1.807, 2.05) is 19.2 Å². The van der Waals surface area contributed by atoms with Crippen molar-refractivity contribution < 1.29 is 18.0 Å². The lowest BCUT2D eigenvalue weighted by Gasteiger charge is -2.11. The van der Waals surface area contributed by atoms with E-state index in [0.717, 1.165) is 22.4 Å². The molecule has 1 heterocycles. The van der Waals surface area contributed by atoms with Gasteiger partial charge in [-0.3, -0.25) is 4.79 Å². The highest BCUT2D eigenvalue weighted by Crippen LogP contribution is 2.18. The van der Waals surface area contributed by atoms with Crippen molar-refractivity contribution >= 4 is 23.4 Å². The largest absolute Gasteiger partial charge is 0.471 e. The first-order chi connectivity index (χ1) is 13.1. The zero-order valence-corrected chi connectivity index (χ0v) is 15.7. The molecule has 1 aromatic heterocycles. The molecule has 0 aliphatic carbocycles. The number of anilines is 3. The summed E-state index contributed by atoms with van der Waals surface area (Å²) in [6.45, 7) is 8.17. The summed E-state index contributed by atoms with van der Waals surface area (Å²) in [6, 6.07) is 7.06. The number of amides is 1. The third-order valence-electron chi connectivity index (χ3n) is 3.70. The summed E-state index contributed by atoms with van der Waals surface area (Å²) in [4.78, 5) is 19.4. The monoisotopic (exact) mass is 393 g/mol. The molecule has 0 fully saturated rings. The molecule has 0 unspecified atom stereocenters. The van der Waals surface area contributed by atoms with Crippen LogP contribution >= 0.6 is 0 Å². The number of carbonyl (C=O) groups excluding carboxylic acids is 1. The van der Waals surface area contributed by atoms with Gasteiger partial charge < -0.3 is 16.0 Å². The van der Waals surface area contributed by atoms with Gasteiger partial charge >= 0.3 is 12.1 Å². The first-order valence-electron chi connectivity index (χ1n) is 8.58. The van der Waals surface area contributed by atoms with Crippen LogP contribution in [-0.4, -0.2) is 35.1 Å². The fraction of sp³-hybridized carbons (Fsp3) is 0.316. The summed E-state index contributed by atoms with van der Waals surface area (Å²) in [5.74, 6) is -0.809. The molecular weight excluding hydrogens is 371 g/mol. The van der Waals surface area contributed by atoms with Crippen molar-refractivity contribution in [3.8, 4) is 0 Å². The highest BCUT2D eigenvalue weighted by Gasteiger charge is 2.38. The summed E-state index contributed by atoms with van der Waals surface area (Å²) < 4.78 is 36.4. The topological polar surface area (TPSA) is 78.9 Å². The molecule has 0 radical (unpaired) electrons. The Morgan fingerprint density at radius 3 is 2.50 bits per heavy atom. The van der Waals surface area contributed by atoms with Crippen LogP contribution in [0.25, 0.3) is 0 Å². The molecule has 150 valence electrons. The lowest BCUT2D eigenvalue weighted by molar-refractivity contribution is -0.173. The predicted molar refractivity (Wildman–Crippen MR) is 103 cm³/mol. The maximum Gasteiger partial charge on any atom is 0.471 e. The minimum absolute atomic E-state index is 0.0933. The molecule has 0 saturated heterocycles. The van der Waals surface area contributed by atoms with Crippen LogP contribution in [0, 0.1) is 6.92 Å². The Morgan fingerprint density at radius 1 is 1.21 bits per heavy atom. The number of halogens is 3. The van der Waals surface area contributed by atoms with Crippen molar-refractivity contribution in [2.45, 2.75) is 26.4 Å². The third-order valence-corrected chi connectivity index (χ3v) is 3.70. The fourth-order valence-electron chi connectivity index (χ4n) is 2.22. The molecular formula is C19H22F3N5O. The zero-order chi connectivity index (χ0) is 20.7. The van der Waals surface area contributed by atoms with E-state index in [1.54, 1.807) is 30.5 Å². The molecule has 6 nitrogen and oxygen atoms in total. The predicted octanol–water partition coefficient (Wildman–Crippen LogP) is 3.74. The van der Waals surface area contributed by atoms with Gasteiger partial charge in [0.2, 0.25) is 5.95 Å². The maximum atomic E-state index is 12.1. The summed E-state index contributed by atoms with van der Waals surface area (Å²) in [7, 11) is 0. The minimum Gasteiger partial charge on any atom is -0.366 e. The second-order valence-electron chi connectivity index (χ2n) is 6.36. The number of nitrogens with one attached hydrogen (secondary N) is 3. The highest BCUT2D eigenvalue weighted by atomic mass is 19.4. The van der Waals surface area contributed by atoms with Gasteiger partial charge in [0.05, 0.1) is 0 Å². The van der Waals surface area contributed by atoms with E-state index in [2.05, 4.69) is 27.2 Å². The smallest absolute Gasteiger partial charge is 0.366 e. The van der Waals surface area contributed by atoms with Crippen molar-refractivity contribution in [1.29, 1.82) is 0 Å². The molecule has 1 aromatic carbocycles. The van der Waals surface area contributed by atoms with Gasteiger partial charge in [0.25, 0.3) is 0 Å². The lowest BCUT2D eigenvalue weighted by Crippen LogP contribution is -2.37. The van der Waals surface area contributed by atoms with Gasteiger partial charge in [-0.25, -0.2) is 4.98 Å². The van der Waals surface area contributed by atoms with Crippen molar-refractivity contribution in [3.05, 3.63) is 53.7 Å². The van der Waals surface area contributed by atoms with E-state index >= 15 is 0 Å². The Labute approximate surface area is 161 Å². The fourth-order valence-corrected chi connectivity index (χ4v) is 2.22. The molecule has 0 spiro atoms. The number of rotatable bonds is 8. The van der Waals surface area contributed by atoms with Crippen LogP contribution in [0.2, 0.25) is 0 Å². The molecule has 1 amide bonds. The van der Waals surface area contributed by atoms with Gasteiger partial charge in [0, 0.05) is 30.5 Å². The summed E-state index contributed by atoms with van der Waals surface area (Å²) in [6.07, 6.45) is -2.87. The maximum absolute atomic E-state index is 12.1. The molecule has 3 N–H and O–H groups in total. The third kappa shape index (κ3) is 6.57. The van der Waals surface area contributed by atoms with Crippen LogP contribution in [-0.2, 0) is 11.2 Å². The van der Waals surface area contributed by atoms with E-state index in [-0.39, 0.29) is 13.0 Å². The second-order valence-corrected chi connectivity index (χ2v) is 6.36. The Bertz CT molecular complexity index is 834. The van der Waals surface area contributed by atoms with Crippen molar-refractivity contribution in [3.63, 3.8) is 0 Å². The minimum atomic E-state index is -4.86. The van der Waals surface area contributed by atoms with E-state index in [9.17, 15) is 18.0 Å².